The largest absolute Gasteiger partial charge is 0.389 e. The smallest absolute Gasteiger partial charge is 0.243 e. The van der Waals surface area contributed by atoms with Gasteiger partial charge in [-0.2, -0.15) is 0 Å². The highest BCUT2D eigenvalue weighted by atomic mass is 79.9. The number of aliphatic hydroxyl groups excluding tert-OH is 1. The molecule has 9 heteroatoms. The molecule has 1 aromatic heterocycles. The van der Waals surface area contributed by atoms with Gasteiger partial charge >= 0.3 is 0 Å². The maximum Gasteiger partial charge on any atom is 0.243 e. The second-order valence-electron chi connectivity index (χ2n) is 3.40. The molecule has 0 radical (unpaired) electrons. The first-order valence-electron chi connectivity index (χ1n) is 4.84. The molecular weight excluding hydrogens is 348 g/mol. The lowest BCUT2D eigenvalue weighted by Crippen LogP contribution is -2.34. The number of aromatic nitrogens is 1. The van der Waals surface area contributed by atoms with Crippen LogP contribution in [0.25, 0.3) is 0 Å². The summed E-state index contributed by atoms with van der Waals surface area (Å²) in [5, 5.41) is 9.24. The van der Waals surface area contributed by atoms with E-state index in [9.17, 15) is 13.5 Å². The molecule has 0 saturated heterocycles. The fourth-order valence-corrected chi connectivity index (χ4v) is 3.14. The molecule has 0 aromatic carbocycles. The Morgan fingerprint density at radius 3 is 2.94 bits per heavy atom. The molecule has 0 saturated carbocycles. The second-order valence-corrected chi connectivity index (χ2v) is 6.41. The molecule has 0 aliphatic rings. The van der Waals surface area contributed by atoms with Crippen LogP contribution < -0.4 is 4.72 Å². The van der Waals surface area contributed by atoms with Crippen molar-refractivity contribution in [2.75, 3.05) is 20.3 Å². The monoisotopic (exact) mass is 358 g/mol. The average molecular weight is 360 g/mol. The van der Waals surface area contributed by atoms with Crippen LogP contribution in [0.5, 0.6) is 0 Å². The normalized spacial score (nSPS) is 13.6. The number of nitrogens with one attached hydrogen (secondary N) is 1. The zero-order valence-electron chi connectivity index (χ0n) is 9.43. The number of sulfonamides is 1. The number of nitrogens with zero attached hydrogens (tertiary/aromatic N) is 1. The number of rotatable bonds is 6. The molecular formula is C9H12BrClN2O4S. The van der Waals surface area contributed by atoms with E-state index in [2.05, 4.69) is 30.4 Å². The van der Waals surface area contributed by atoms with Gasteiger partial charge in [-0.1, -0.05) is 11.6 Å². The predicted octanol–water partition coefficient (Wildman–Crippen LogP) is 0.783. The highest BCUT2D eigenvalue weighted by Gasteiger charge is 2.20. The molecule has 18 heavy (non-hydrogen) atoms. The van der Waals surface area contributed by atoms with E-state index in [4.69, 9.17) is 11.6 Å². The van der Waals surface area contributed by atoms with Gasteiger partial charge in [-0.05, 0) is 22.0 Å². The van der Waals surface area contributed by atoms with E-state index < -0.39 is 16.1 Å². The molecule has 0 aliphatic heterocycles. The van der Waals surface area contributed by atoms with Crippen LogP contribution in [0.3, 0.4) is 0 Å². The molecule has 0 aliphatic carbocycles. The lowest BCUT2D eigenvalue weighted by atomic mass is 10.4. The first-order chi connectivity index (χ1) is 8.36. The summed E-state index contributed by atoms with van der Waals surface area (Å²) in [7, 11) is -2.41. The highest BCUT2D eigenvalue weighted by Crippen LogP contribution is 2.22. The first-order valence-corrected chi connectivity index (χ1v) is 7.50. The molecule has 1 rings (SSSR count). The average Bonchev–Trinajstić information content (AvgIpc) is 2.30. The van der Waals surface area contributed by atoms with Crippen LogP contribution in [-0.2, 0) is 14.8 Å². The minimum absolute atomic E-state index is 0.0347. The Hall–Kier alpha value is -0.250. The van der Waals surface area contributed by atoms with Crippen LogP contribution in [0.2, 0.25) is 5.15 Å². The quantitative estimate of drug-likeness (QED) is 0.733. The molecule has 1 aromatic rings. The summed E-state index contributed by atoms with van der Waals surface area (Å²) in [4.78, 5) is 3.57. The van der Waals surface area contributed by atoms with Gasteiger partial charge in [0.2, 0.25) is 10.0 Å². The molecule has 102 valence electrons. The van der Waals surface area contributed by atoms with Gasteiger partial charge in [-0.25, -0.2) is 18.1 Å². The number of pyridine rings is 1. The van der Waals surface area contributed by atoms with Crippen LogP contribution in [0.4, 0.5) is 0 Å². The van der Waals surface area contributed by atoms with Gasteiger partial charge in [0, 0.05) is 24.3 Å². The highest BCUT2D eigenvalue weighted by molar-refractivity contribution is 9.10. The fourth-order valence-electron chi connectivity index (χ4n) is 1.13. The molecule has 1 unspecified atom stereocenters. The molecule has 1 heterocycles. The fraction of sp³-hybridized carbons (Fsp3) is 0.444. The van der Waals surface area contributed by atoms with E-state index >= 15 is 0 Å². The summed E-state index contributed by atoms with van der Waals surface area (Å²) in [5.74, 6) is 0. The Bertz CT molecular complexity index is 511. The molecule has 0 bridgehead atoms. The molecule has 0 spiro atoms. The maximum atomic E-state index is 11.9. The van der Waals surface area contributed by atoms with Crippen molar-refractivity contribution in [2.24, 2.45) is 0 Å². The van der Waals surface area contributed by atoms with Crippen molar-refractivity contribution < 1.29 is 18.3 Å². The summed E-state index contributed by atoms with van der Waals surface area (Å²) < 4.78 is 31.2. The summed E-state index contributed by atoms with van der Waals surface area (Å²) in [6.45, 7) is -0.133. The van der Waals surface area contributed by atoms with E-state index in [-0.39, 0.29) is 23.2 Å². The van der Waals surface area contributed by atoms with Crippen LogP contribution in [-0.4, -0.2) is 44.9 Å². The lowest BCUT2D eigenvalue weighted by molar-refractivity contribution is 0.0679. The Balaban J connectivity index is 2.83. The summed E-state index contributed by atoms with van der Waals surface area (Å²) in [6, 6.07) is 1.33. The Kier molecular flexibility index (Phi) is 5.96. The molecule has 1 atom stereocenters. The van der Waals surface area contributed by atoms with Crippen molar-refractivity contribution in [3.63, 3.8) is 0 Å². The summed E-state index contributed by atoms with van der Waals surface area (Å²) >= 11 is 8.83. The van der Waals surface area contributed by atoms with Gasteiger partial charge in [0.25, 0.3) is 0 Å². The SMILES string of the molecule is COCC(O)CNS(=O)(=O)c1cc(Br)cnc1Cl. The Morgan fingerprint density at radius 1 is 1.67 bits per heavy atom. The van der Waals surface area contributed by atoms with Gasteiger partial charge in [-0.3, -0.25) is 0 Å². The number of ether oxygens (including phenoxy) is 1. The van der Waals surface area contributed by atoms with Crippen molar-refractivity contribution in [1.29, 1.82) is 0 Å². The number of halogens is 2. The number of hydrogen-bond donors (Lipinski definition) is 2. The topological polar surface area (TPSA) is 88.5 Å². The first kappa shape index (κ1) is 15.8. The van der Waals surface area contributed by atoms with Gasteiger partial charge in [0.05, 0.1) is 12.7 Å². The van der Waals surface area contributed by atoms with Crippen molar-refractivity contribution in [1.82, 2.24) is 9.71 Å². The third-order valence-electron chi connectivity index (χ3n) is 1.93. The molecule has 0 fully saturated rings. The van der Waals surface area contributed by atoms with Crippen molar-refractivity contribution >= 4 is 37.6 Å². The van der Waals surface area contributed by atoms with E-state index in [0.717, 1.165) is 0 Å². The lowest BCUT2D eigenvalue weighted by Gasteiger charge is -2.12. The molecule has 0 amide bonds. The molecule has 2 N–H and O–H groups in total. The zero-order valence-corrected chi connectivity index (χ0v) is 12.6. The van der Waals surface area contributed by atoms with Crippen LogP contribution in [0.15, 0.2) is 21.6 Å². The van der Waals surface area contributed by atoms with E-state index in [1.807, 2.05) is 0 Å². The van der Waals surface area contributed by atoms with Crippen molar-refractivity contribution in [2.45, 2.75) is 11.0 Å². The number of hydrogen-bond acceptors (Lipinski definition) is 5. The predicted molar refractivity (Wildman–Crippen MR) is 70.0 cm³/mol. The Morgan fingerprint density at radius 2 is 2.33 bits per heavy atom. The van der Waals surface area contributed by atoms with E-state index in [1.54, 1.807) is 0 Å². The third-order valence-corrected chi connectivity index (χ3v) is 4.21. The van der Waals surface area contributed by atoms with E-state index in [0.29, 0.717) is 4.47 Å². The summed E-state index contributed by atoms with van der Waals surface area (Å²) in [6.07, 6.45) is 0.463. The zero-order chi connectivity index (χ0) is 13.8. The molecule has 6 nitrogen and oxygen atoms in total. The van der Waals surface area contributed by atoms with Crippen LogP contribution in [0, 0.1) is 0 Å². The second kappa shape index (κ2) is 6.78. The van der Waals surface area contributed by atoms with Crippen molar-refractivity contribution in [3.05, 3.63) is 21.9 Å². The van der Waals surface area contributed by atoms with Gasteiger partial charge < -0.3 is 9.84 Å². The van der Waals surface area contributed by atoms with Gasteiger partial charge in [0.15, 0.2) is 0 Å². The van der Waals surface area contributed by atoms with Crippen LogP contribution in [0.1, 0.15) is 0 Å². The van der Waals surface area contributed by atoms with Gasteiger partial charge in [-0.15, -0.1) is 0 Å². The Labute approximate surface area is 119 Å². The minimum atomic E-state index is -3.82. The maximum absolute atomic E-state index is 11.9. The standard InChI is InChI=1S/C9H12BrClN2O4S/c1-17-5-7(14)4-13-18(15,16)8-2-6(10)3-12-9(8)11/h2-3,7,13-14H,4-5H2,1H3. The summed E-state index contributed by atoms with van der Waals surface area (Å²) in [5.41, 5.74) is 0. The number of aliphatic hydroxyl groups is 1. The van der Waals surface area contributed by atoms with Gasteiger partial charge in [0.1, 0.15) is 10.0 Å². The van der Waals surface area contributed by atoms with Crippen molar-refractivity contribution in [3.8, 4) is 0 Å². The van der Waals surface area contributed by atoms with Crippen LogP contribution >= 0.6 is 27.5 Å². The number of methoxy groups -OCH3 is 1. The minimum Gasteiger partial charge on any atom is -0.389 e. The van der Waals surface area contributed by atoms with E-state index in [1.165, 1.54) is 19.4 Å². The third kappa shape index (κ3) is 4.45.